The van der Waals surface area contributed by atoms with E-state index < -0.39 is 40.4 Å². The minimum Gasteiger partial charge on any atom is -0.860 e. The molecule has 1 saturated heterocycles. The molecule has 3 aromatic carbocycles. The number of nitrogens with zero attached hydrogens (tertiary/aromatic N) is 2. The number of H-pyrrole nitrogens is 2. The summed E-state index contributed by atoms with van der Waals surface area (Å²) in [4.78, 5) is 34.1. The molecular formula is C35H33F2N5O5S2. The van der Waals surface area contributed by atoms with Crippen molar-refractivity contribution in [2.24, 2.45) is 0 Å². The number of likely N-dealkylation sites (tertiary alicyclic amines) is 1. The predicted molar refractivity (Wildman–Crippen MR) is 181 cm³/mol. The molecule has 3 heterocycles. The van der Waals surface area contributed by atoms with Crippen LogP contribution in [0, 0.1) is 21.2 Å². The molecule has 1 aliphatic rings. The second-order valence-corrected chi connectivity index (χ2v) is 12.8. The number of quaternary nitrogens is 1. The Morgan fingerprint density at radius 3 is 1.96 bits per heavy atom. The lowest BCUT2D eigenvalue weighted by atomic mass is 9.85. The fraction of sp³-hybridized carbons (Fsp3) is 0.257. The second kappa shape index (κ2) is 14.3. The lowest BCUT2D eigenvalue weighted by Gasteiger charge is -2.28. The summed E-state index contributed by atoms with van der Waals surface area (Å²) in [5, 5.41) is 26.2. The number of aromatic nitrogens is 4. The highest BCUT2D eigenvalue weighted by Gasteiger charge is 2.31. The molecule has 1 atom stereocenters. The quantitative estimate of drug-likeness (QED) is 0.163. The van der Waals surface area contributed by atoms with Gasteiger partial charge in [-0.05, 0) is 83.4 Å². The number of rotatable bonds is 10. The number of methoxy groups -OCH3 is 1. The molecule has 0 saturated carbocycles. The van der Waals surface area contributed by atoms with E-state index in [9.17, 15) is 28.6 Å². The number of halogens is 2. The maximum Gasteiger partial charge on any atom is 0.259 e. The first-order valence-corrected chi connectivity index (χ1v) is 16.4. The molecule has 10 nitrogen and oxygen atoms in total. The van der Waals surface area contributed by atoms with Crippen molar-refractivity contribution in [3.63, 3.8) is 0 Å². The maximum atomic E-state index is 14.4. The molecule has 1 unspecified atom stereocenters. The van der Waals surface area contributed by atoms with E-state index in [0.717, 1.165) is 36.1 Å². The standard InChI is InChI=1S/C35H33F2N5O5S2/c1-47-26-13-8-22(16-23(26)19-40-14-2-3-15-40)27(28-30(43)38-34(48)41(32(28)45)17-20-4-9-24(36)10-5-20)29-31(44)39-35(49)42(33(29)46)18-21-6-11-25(37)12-7-21/h4-13,16,27,45-46H,2-3,14-15,17-19H2,1H3,(H,38,43,48)(H,39,44,49). The summed E-state index contributed by atoms with van der Waals surface area (Å²) in [6.07, 6.45) is 2.17. The molecule has 0 amide bonds. The van der Waals surface area contributed by atoms with Gasteiger partial charge < -0.3 is 24.4 Å². The number of nitrogens with one attached hydrogen (secondary N) is 3. The van der Waals surface area contributed by atoms with Crippen LogP contribution in [0.25, 0.3) is 0 Å². The van der Waals surface area contributed by atoms with Crippen LogP contribution in [0.3, 0.4) is 0 Å². The Bertz CT molecular complexity index is 2120. The Labute approximate surface area is 289 Å². The van der Waals surface area contributed by atoms with Crippen LogP contribution in [-0.4, -0.2) is 44.4 Å². The first-order valence-electron chi connectivity index (χ1n) is 15.6. The van der Waals surface area contributed by atoms with Crippen molar-refractivity contribution in [1.82, 2.24) is 19.1 Å². The van der Waals surface area contributed by atoms with Gasteiger partial charge in [0.2, 0.25) is 5.88 Å². The predicted octanol–water partition coefficient (Wildman–Crippen LogP) is 3.65. The maximum absolute atomic E-state index is 14.4. The second-order valence-electron chi connectivity index (χ2n) is 12.0. The van der Waals surface area contributed by atoms with Crippen LogP contribution >= 0.6 is 24.4 Å². The Hall–Kier alpha value is -4.92. The number of hydrogen-bond acceptors (Lipinski definition) is 7. The van der Waals surface area contributed by atoms with Crippen LogP contribution in [0.1, 0.15) is 52.1 Å². The van der Waals surface area contributed by atoms with Gasteiger partial charge in [-0.3, -0.25) is 24.1 Å². The van der Waals surface area contributed by atoms with E-state index in [1.165, 1.54) is 58.0 Å². The van der Waals surface area contributed by atoms with Crippen LogP contribution in [0.2, 0.25) is 0 Å². The lowest BCUT2D eigenvalue weighted by molar-refractivity contribution is -0.901. The molecule has 0 radical (unpaired) electrons. The number of ether oxygens (including phenoxy) is 1. The van der Waals surface area contributed by atoms with Crippen LogP contribution in [0.4, 0.5) is 8.78 Å². The van der Waals surface area contributed by atoms with E-state index in [-0.39, 0.29) is 33.8 Å². The molecule has 1 fully saturated rings. The SMILES string of the molecule is COc1ccc(C(c2c([O-])n(Cc3ccc(F)cc3)c(=S)[nH]c2=O)c2c(O)n(Cc3ccc(F)cc3)c(=S)[nH]c2=O)cc1C[NH+]1CCCC1. The smallest absolute Gasteiger partial charge is 0.259 e. The molecular weight excluding hydrogens is 673 g/mol. The van der Waals surface area contributed by atoms with E-state index in [1.54, 1.807) is 25.3 Å². The van der Waals surface area contributed by atoms with Crippen LogP contribution in [-0.2, 0) is 19.6 Å². The zero-order chi connectivity index (χ0) is 34.8. The monoisotopic (exact) mass is 705 g/mol. The Balaban J connectivity index is 1.59. The third-order valence-corrected chi connectivity index (χ3v) is 9.51. The molecule has 2 aromatic heterocycles. The van der Waals surface area contributed by atoms with E-state index in [4.69, 9.17) is 29.2 Å². The van der Waals surface area contributed by atoms with E-state index in [0.29, 0.717) is 29.0 Å². The summed E-state index contributed by atoms with van der Waals surface area (Å²) in [7, 11) is 1.55. The van der Waals surface area contributed by atoms with Crippen molar-refractivity contribution in [3.8, 4) is 17.5 Å². The minimum absolute atomic E-state index is 0.0517. The van der Waals surface area contributed by atoms with E-state index in [1.807, 2.05) is 0 Å². The molecule has 49 heavy (non-hydrogen) atoms. The van der Waals surface area contributed by atoms with E-state index >= 15 is 0 Å². The Morgan fingerprint density at radius 2 is 1.39 bits per heavy atom. The first kappa shape index (κ1) is 34.0. The fourth-order valence-electron chi connectivity index (χ4n) is 6.41. The van der Waals surface area contributed by atoms with Crippen molar-refractivity contribution in [2.75, 3.05) is 20.2 Å². The summed E-state index contributed by atoms with van der Waals surface area (Å²) < 4.78 is 35.1. The summed E-state index contributed by atoms with van der Waals surface area (Å²) in [6.45, 7) is 2.38. The van der Waals surface area contributed by atoms with Crippen LogP contribution in [0.5, 0.6) is 17.5 Å². The largest absolute Gasteiger partial charge is 0.860 e. The molecule has 6 rings (SSSR count). The van der Waals surface area contributed by atoms with Gasteiger partial charge in [-0.2, -0.15) is 0 Å². The highest BCUT2D eigenvalue weighted by Crippen LogP contribution is 2.38. The number of benzene rings is 3. The first-order chi connectivity index (χ1) is 23.5. The van der Waals surface area contributed by atoms with Gasteiger partial charge in [0, 0.05) is 30.5 Å². The molecule has 5 aromatic rings. The van der Waals surface area contributed by atoms with Crippen LogP contribution < -0.4 is 25.9 Å². The number of aromatic amines is 2. The van der Waals surface area contributed by atoms with Gasteiger partial charge in [-0.1, -0.05) is 30.3 Å². The van der Waals surface area contributed by atoms with Gasteiger partial charge in [-0.15, -0.1) is 0 Å². The summed E-state index contributed by atoms with van der Waals surface area (Å²) >= 11 is 10.8. The topological polar surface area (TPSA) is 133 Å². The molecule has 4 N–H and O–H groups in total. The molecule has 254 valence electrons. The van der Waals surface area contributed by atoms with Gasteiger partial charge >= 0.3 is 0 Å². The van der Waals surface area contributed by atoms with Gasteiger partial charge in [-0.25, -0.2) is 8.78 Å². The Kier molecular flexibility index (Phi) is 9.90. The molecule has 14 heteroatoms. The number of aromatic hydroxyl groups is 1. The van der Waals surface area contributed by atoms with Crippen molar-refractivity contribution in [2.45, 2.75) is 38.4 Å². The highest BCUT2D eigenvalue weighted by molar-refractivity contribution is 7.71. The van der Waals surface area contributed by atoms with Crippen molar-refractivity contribution < 1.29 is 28.6 Å². The molecule has 0 spiro atoms. The average Bonchev–Trinajstić information content (AvgIpc) is 3.59. The summed E-state index contributed by atoms with van der Waals surface area (Å²) in [5.74, 6) is -3.09. The van der Waals surface area contributed by atoms with E-state index in [2.05, 4.69) is 9.97 Å². The van der Waals surface area contributed by atoms with Crippen molar-refractivity contribution >= 4 is 24.4 Å². The van der Waals surface area contributed by atoms with Gasteiger partial charge in [0.15, 0.2) is 9.54 Å². The molecule has 1 aliphatic heterocycles. The highest BCUT2D eigenvalue weighted by atomic mass is 32.1. The van der Waals surface area contributed by atoms with Gasteiger partial charge in [0.1, 0.15) is 23.9 Å². The fourth-order valence-corrected chi connectivity index (χ4v) is 6.89. The lowest BCUT2D eigenvalue weighted by Crippen LogP contribution is -3.08. The van der Waals surface area contributed by atoms with Crippen molar-refractivity contribution in [3.05, 3.63) is 142 Å². The zero-order valence-corrected chi connectivity index (χ0v) is 28.1. The zero-order valence-electron chi connectivity index (χ0n) is 26.4. The average molecular weight is 706 g/mol. The van der Waals surface area contributed by atoms with Crippen molar-refractivity contribution in [1.29, 1.82) is 0 Å². The third-order valence-electron chi connectivity index (χ3n) is 8.87. The van der Waals surface area contributed by atoms with Gasteiger partial charge in [0.25, 0.3) is 11.1 Å². The summed E-state index contributed by atoms with van der Waals surface area (Å²) in [6, 6.07) is 16.1. The number of hydrogen-bond donors (Lipinski definition) is 4. The third kappa shape index (κ3) is 7.12. The van der Waals surface area contributed by atoms with Crippen LogP contribution in [0.15, 0.2) is 76.3 Å². The molecule has 0 aliphatic carbocycles. The van der Waals surface area contributed by atoms with Gasteiger partial charge in [0.05, 0.1) is 38.2 Å². The minimum atomic E-state index is -1.40. The molecule has 0 bridgehead atoms. The summed E-state index contributed by atoms with van der Waals surface area (Å²) in [5.41, 5.74) is -0.0510. The normalized spacial score (nSPS) is 13.9. The Morgan fingerprint density at radius 1 is 0.857 bits per heavy atom.